The highest BCUT2D eigenvalue weighted by Gasteiger charge is 2.26. The van der Waals surface area contributed by atoms with Crippen LogP contribution in [0.2, 0.25) is 0 Å². The average Bonchev–Trinajstić information content (AvgIpc) is 3.14. The molecule has 2 aromatic carbocycles. The van der Waals surface area contributed by atoms with Crippen molar-refractivity contribution in [2.45, 2.75) is 13.0 Å². The number of benzene rings is 2. The smallest absolute Gasteiger partial charge is 0.231 e. The quantitative estimate of drug-likeness (QED) is 0.579. The molecule has 0 bridgehead atoms. The molecule has 0 N–H and O–H groups in total. The molecule has 0 fully saturated rings. The van der Waals surface area contributed by atoms with Crippen molar-refractivity contribution in [3.05, 3.63) is 36.5 Å². The Bertz CT molecular complexity index is 1050. The molecule has 5 rings (SSSR count). The van der Waals surface area contributed by atoms with E-state index in [-0.39, 0.29) is 19.2 Å². The summed E-state index contributed by atoms with van der Waals surface area (Å²) in [6.07, 6.45) is 3.08. The van der Waals surface area contributed by atoms with E-state index >= 15 is 0 Å². The van der Waals surface area contributed by atoms with Crippen molar-refractivity contribution < 1.29 is 40.7 Å². The number of ether oxygens (including phenoxy) is 5. The standard InChI is InChI=1S/C21H20NO5.ClH/c1-23-18-7-13-6-16-15-9-20-21(27-12-26-20)10-17(15)25-5-3-4-22(16)11-14(13)8-19(18)24-2;/h6-11H,3-5,12H2,1-2H3;1H/q+1;/p-1. The van der Waals surface area contributed by atoms with Crippen LogP contribution in [0.1, 0.15) is 6.42 Å². The lowest BCUT2D eigenvalue weighted by molar-refractivity contribution is -0.685. The molecule has 146 valence electrons. The predicted octanol–water partition coefficient (Wildman–Crippen LogP) is 0.327. The third-order valence-corrected chi connectivity index (χ3v) is 5.04. The van der Waals surface area contributed by atoms with Gasteiger partial charge in [-0.2, -0.15) is 4.57 Å². The first-order valence-corrected chi connectivity index (χ1v) is 8.93. The molecule has 28 heavy (non-hydrogen) atoms. The molecule has 7 heteroatoms. The van der Waals surface area contributed by atoms with Gasteiger partial charge in [0.2, 0.25) is 12.5 Å². The molecular weight excluding hydrogens is 382 g/mol. The maximum atomic E-state index is 6.01. The fraction of sp³-hybridized carbons (Fsp3) is 0.286. The third-order valence-electron chi connectivity index (χ3n) is 5.04. The molecule has 0 amide bonds. The van der Waals surface area contributed by atoms with Crippen LogP contribution in [0.25, 0.3) is 22.0 Å². The van der Waals surface area contributed by atoms with Crippen LogP contribution in [-0.4, -0.2) is 27.6 Å². The molecule has 0 aliphatic carbocycles. The first kappa shape index (κ1) is 18.5. The summed E-state index contributed by atoms with van der Waals surface area (Å²) < 4.78 is 30.3. The molecular formula is C21H20ClNO5. The van der Waals surface area contributed by atoms with E-state index in [0.29, 0.717) is 12.4 Å². The number of hydrogen-bond acceptors (Lipinski definition) is 5. The molecule has 0 spiro atoms. The van der Waals surface area contributed by atoms with E-state index in [1.165, 1.54) is 0 Å². The van der Waals surface area contributed by atoms with Gasteiger partial charge in [0, 0.05) is 30.0 Å². The minimum atomic E-state index is 0. The molecule has 3 heterocycles. The van der Waals surface area contributed by atoms with E-state index in [9.17, 15) is 0 Å². The summed E-state index contributed by atoms with van der Waals surface area (Å²) in [5.74, 6) is 3.73. The van der Waals surface area contributed by atoms with Crippen molar-refractivity contribution in [2.75, 3.05) is 27.6 Å². The fourth-order valence-corrected chi connectivity index (χ4v) is 3.69. The Balaban J connectivity index is 0.00000192. The normalized spacial score (nSPS) is 14.1. The van der Waals surface area contributed by atoms with E-state index in [4.69, 9.17) is 23.7 Å². The van der Waals surface area contributed by atoms with Gasteiger partial charge in [-0.05, 0) is 17.5 Å². The molecule has 6 nitrogen and oxygen atoms in total. The first-order chi connectivity index (χ1) is 13.3. The van der Waals surface area contributed by atoms with E-state index in [2.05, 4.69) is 16.8 Å². The van der Waals surface area contributed by atoms with Gasteiger partial charge in [0.05, 0.1) is 26.4 Å². The lowest BCUT2D eigenvalue weighted by atomic mass is 10.0. The third kappa shape index (κ3) is 2.94. The van der Waals surface area contributed by atoms with Crippen LogP contribution >= 0.6 is 0 Å². The number of methoxy groups -OCH3 is 2. The zero-order valence-electron chi connectivity index (χ0n) is 15.7. The molecule has 3 aromatic rings. The molecule has 0 atom stereocenters. The Labute approximate surface area is 168 Å². The summed E-state index contributed by atoms with van der Waals surface area (Å²) in [6, 6.07) is 10.1. The topological polar surface area (TPSA) is 50.0 Å². The first-order valence-electron chi connectivity index (χ1n) is 8.93. The summed E-state index contributed by atoms with van der Waals surface area (Å²) in [5.41, 5.74) is 2.07. The number of fused-ring (bicyclic) bond motifs is 5. The van der Waals surface area contributed by atoms with E-state index in [0.717, 1.165) is 58.0 Å². The summed E-state index contributed by atoms with van der Waals surface area (Å²) in [7, 11) is 3.30. The summed E-state index contributed by atoms with van der Waals surface area (Å²) in [6.45, 7) is 1.77. The summed E-state index contributed by atoms with van der Waals surface area (Å²) in [4.78, 5) is 0. The molecule has 2 aliphatic heterocycles. The van der Waals surface area contributed by atoms with Crippen molar-refractivity contribution in [1.29, 1.82) is 0 Å². The van der Waals surface area contributed by atoms with Crippen LogP contribution in [0.15, 0.2) is 36.5 Å². The highest BCUT2D eigenvalue weighted by Crippen LogP contribution is 2.43. The highest BCUT2D eigenvalue weighted by atomic mass is 35.5. The van der Waals surface area contributed by atoms with Crippen LogP contribution in [-0.2, 0) is 6.54 Å². The number of nitrogens with zero attached hydrogens (tertiary/aromatic N) is 1. The molecule has 0 unspecified atom stereocenters. The minimum absolute atomic E-state index is 0. The molecule has 2 aliphatic rings. The van der Waals surface area contributed by atoms with Gasteiger partial charge < -0.3 is 36.1 Å². The van der Waals surface area contributed by atoms with Crippen molar-refractivity contribution >= 4 is 10.8 Å². The van der Waals surface area contributed by atoms with Crippen LogP contribution in [0.4, 0.5) is 0 Å². The Hall–Kier alpha value is -2.86. The van der Waals surface area contributed by atoms with Gasteiger partial charge in [0.15, 0.2) is 35.7 Å². The number of aromatic nitrogens is 1. The van der Waals surface area contributed by atoms with E-state index in [1.54, 1.807) is 14.2 Å². The van der Waals surface area contributed by atoms with Crippen LogP contribution in [0, 0.1) is 0 Å². The van der Waals surface area contributed by atoms with Gasteiger partial charge in [-0.25, -0.2) is 0 Å². The van der Waals surface area contributed by atoms with Crippen molar-refractivity contribution in [3.8, 4) is 40.0 Å². The minimum Gasteiger partial charge on any atom is -1.00 e. The second kappa shape index (κ2) is 7.28. The van der Waals surface area contributed by atoms with Gasteiger partial charge >= 0.3 is 0 Å². The van der Waals surface area contributed by atoms with E-state index in [1.807, 2.05) is 24.3 Å². The Kier molecular flexibility index (Phi) is 4.81. The highest BCUT2D eigenvalue weighted by molar-refractivity contribution is 5.88. The monoisotopic (exact) mass is 401 g/mol. The zero-order chi connectivity index (χ0) is 18.4. The Morgan fingerprint density at radius 2 is 1.54 bits per heavy atom. The van der Waals surface area contributed by atoms with Crippen LogP contribution in [0.3, 0.4) is 0 Å². The van der Waals surface area contributed by atoms with Gasteiger partial charge in [-0.1, -0.05) is 0 Å². The SMILES string of the molecule is COc1cc2cc3[n+](cc2cc1OC)CCCOc1cc2c(cc1-3)OCO2.[Cl-]. The second-order valence-electron chi connectivity index (χ2n) is 6.59. The predicted molar refractivity (Wildman–Crippen MR) is 98.9 cm³/mol. The van der Waals surface area contributed by atoms with Gasteiger partial charge in [-0.3, -0.25) is 0 Å². The Morgan fingerprint density at radius 3 is 2.29 bits per heavy atom. The zero-order valence-corrected chi connectivity index (χ0v) is 16.4. The van der Waals surface area contributed by atoms with Crippen molar-refractivity contribution in [2.24, 2.45) is 0 Å². The number of halogens is 1. The molecule has 0 radical (unpaired) electrons. The largest absolute Gasteiger partial charge is 1.00 e. The molecule has 0 saturated heterocycles. The molecule has 1 aromatic heterocycles. The lowest BCUT2D eigenvalue weighted by Gasteiger charge is -2.16. The fourth-order valence-electron chi connectivity index (χ4n) is 3.69. The van der Waals surface area contributed by atoms with Crippen molar-refractivity contribution in [1.82, 2.24) is 0 Å². The average molecular weight is 402 g/mol. The van der Waals surface area contributed by atoms with Crippen molar-refractivity contribution in [3.63, 3.8) is 0 Å². The number of pyridine rings is 1. The van der Waals surface area contributed by atoms with Gasteiger partial charge in [-0.15, -0.1) is 0 Å². The maximum absolute atomic E-state index is 6.01. The number of rotatable bonds is 2. The van der Waals surface area contributed by atoms with Crippen LogP contribution in [0.5, 0.6) is 28.7 Å². The Morgan fingerprint density at radius 1 is 0.821 bits per heavy atom. The van der Waals surface area contributed by atoms with Gasteiger partial charge in [0.1, 0.15) is 5.75 Å². The summed E-state index contributed by atoms with van der Waals surface area (Å²) in [5, 5.41) is 2.17. The molecule has 0 saturated carbocycles. The number of hydrogen-bond donors (Lipinski definition) is 0. The summed E-state index contributed by atoms with van der Waals surface area (Å²) >= 11 is 0. The maximum Gasteiger partial charge on any atom is 0.231 e. The van der Waals surface area contributed by atoms with Gasteiger partial charge in [0.25, 0.3) is 0 Å². The van der Waals surface area contributed by atoms with Crippen LogP contribution < -0.4 is 40.7 Å². The second-order valence-corrected chi connectivity index (χ2v) is 6.59. The number of aryl methyl sites for hydroxylation is 1. The van der Waals surface area contributed by atoms with E-state index < -0.39 is 0 Å². The lowest BCUT2D eigenvalue weighted by Crippen LogP contribution is -3.00.